The topological polar surface area (TPSA) is 26.3 Å². The second kappa shape index (κ2) is 12.8. The molecule has 0 saturated heterocycles. The second-order valence-corrected chi connectivity index (χ2v) is 3.91. The van der Waals surface area contributed by atoms with Gasteiger partial charge in [0.25, 0.3) is 0 Å². The predicted octanol–water partition coefficient (Wildman–Crippen LogP) is 4.21. The zero-order chi connectivity index (χ0) is 12.8. The van der Waals surface area contributed by atoms with E-state index < -0.39 is 0 Å². The van der Waals surface area contributed by atoms with E-state index in [1.807, 2.05) is 36.4 Å². The maximum absolute atomic E-state index is 10.3. The Morgan fingerprint density at radius 1 is 0.882 bits per heavy atom. The molecule has 0 fully saturated rings. The van der Waals surface area contributed by atoms with Crippen molar-refractivity contribution in [2.45, 2.75) is 46.0 Å². The molecule has 0 aliphatic heterocycles. The van der Waals surface area contributed by atoms with Crippen LogP contribution in [-0.4, -0.2) is 12.6 Å². The number of carbonyl (C=O) groups is 1. The normalized spacial score (nSPS) is 9.06. The van der Waals surface area contributed by atoms with Crippen LogP contribution in [0.3, 0.4) is 0 Å². The number of unbranched alkanes of at least 4 members (excludes halogenated alkanes) is 4. The molecule has 0 unspecified atom stereocenters. The van der Waals surface area contributed by atoms with E-state index in [0.717, 1.165) is 6.42 Å². The van der Waals surface area contributed by atoms with Crippen molar-refractivity contribution in [3.8, 4) is 0 Å². The SMILES string of the molecule is CCCCCCCOC(C)=O.c1ccccc1. The van der Waals surface area contributed by atoms with Crippen LogP contribution in [0.4, 0.5) is 0 Å². The summed E-state index contributed by atoms with van der Waals surface area (Å²) in [6.45, 7) is 4.23. The highest BCUT2D eigenvalue weighted by atomic mass is 16.5. The average molecular weight is 236 g/mol. The van der Waals surface area contributed by atoms with Gasteiger partial charge in [0.05, 0.1) is 6.61 Å². The van der Waals surface area contributed by atoms with Gasteiger partial charge in [-0.25, -0.2) is 0 Å². The van der Waals surface area contributed by atoms with E-state index in [1.54, 1.807) is 0 Å². The van der Waals surface area contributed by atoms with Crippen molar-refractivity contribution in [3.63, 3.8) is 0 Å². The molecule has 2 heteroatoms. The fraction of sp³-hybridized carbons (Fsp3) is 0.533. The number of carbonyl (C=O) groups excluding carboxylic acids is 1. The first kappa shape index (κ1) is 15.7. The third-order valence-corrected chi connectivity index (χ3v) is 2.22. The molecule has 0 aromatic heterocycles. The first-order chi connectivity index (χ1) is 8.27. The van der Waals surface area contributed by atoms with E-state index in [0.29, 0.717) is 6.61 Å². The van der Waals surface area contributed by atoms with Gasteiger partial charge in [0, 0.05) is 6.92 Å². The van der Waals surface area contributed by atoms with Crippen LogP contribution >= 0.6 is 0 Å². The lowest BCUT2D eigenvalue weighted by atomic mass is 10.2. The smallest absolute Gasteiger partial charge is 0.302 e. The van der Waals surface area contributed by atoms with E-state index in [1.165, 1.54) is 32.6 Å². The Morgan fingerprint density at radius 3 is 1.76 bits per heavy atom. The Hall–Kier alpha value is -1.31. The van der Waals surface area contributed by atoms with Gasteiger partial charge in [-0.2, -0.15) is 0 Å². The van der Waals surface area contributed by atoms with Crippen molar-refractivity contribution in [1.29, 1.82) is 0 Å². The van der Waals surface area contributed by atoms with Crippen molar-refractivity contribution in [3.05, 3.63) is 36.4 Å². The van der Waals surface area contributed by atoms with Crippen LogP contribution < -0.4 is 0 Å². The van der Waals surface area contributed by atoms with Gasteiger partial charge in [-0.3, -0.25) is 4.79 Å². The zero-order valence-corrected chi connectivity index (χ0v) is 11.0. The van der Waals surface area contributed by atoms with Crippen molar-refractivity contribution >= 4 is 5.97 Å². The Bertz CT molecular complexity index is 230. The molecule has 0 aliphatic rings. The molecule has 1 aromatic rings. The summed E-state index contributed by atoms with van der Waals surface area (Å²) in [6, 6.07) is 12.0. The monoisotopic (exact) mass is 236 g/mol. The van der Waals surface area contributed by atoms with Crippen molar-refractivity contribution < 1.29 is 9.53 Å². The van der Waals surface area contributed by atoms with Gasteiger partial charge in [0.1, 0.15) is 0 Å². The molecule has 0 spiro atoms. The van der Waals surface area contributed by atoms with Gasteiger partial charge in [-0.1, -0.05) is 69.0 Å². The van der Waals surface area contributed by atoms with E-state index in [-0.39, 0.29) is 5.97 Å². The molecular weight excluding hydrogens is 212 g/mol. The molecule has 0 N–H and O–H groups in total. The summed E-state index contributed by atoms with van der Waals surface area (Å²) in [7, 11) is 0. The Labute approximate surface area is 105 Å². The van der Waals surface area contributed by atoms with Crippen LogP contribution in [0, 0.1) is 0 Å². The third kappa shape index (κ3) is 14.7. The predicted molar refractivity (Wildman–Crippen MR) is 71.8 cm³/mol. The minimum absolute atomic E-state index is 0.166. The highest BCUT2D eigenvalue weighted by Gasteiger charge is 1.92. The summed E-state index contributed by atoms with van der Waals surface area (Å²) in [5.74, 6) is -0.166. The standard InChI is InChI=1S/C9H18O2.C6H6/c1-3-4-5-6-7-8-11-9(2)10;1-2-4-6-5-3-1/h3-8H2,1-2H3;1-6H. The van der Waals surface area contributed by atoms with Crippen LogP contribution in [0.25, 0.3) is 0 Å². The fourth-order valence-corrected chi connectivity index (χ4v) is 1.31. The molecule has 0 heterocycles. The lowest BCUT2D eigenvalue weighted by Gasteiger charge is -2.00. The quantitative estimate of drug-likeness (QED) is 0.546. The van der Waals surface area contributed by atoms with Gasteiger partial charge in [0.2, 0.25) is 0 Å². The summed E-state index contributed by atoms with van der Waals surface area (Å²) in [4.78, 5) is 10.3. The van der Waals surface area contributed by atoms with Crippen LogP contribution in [0.2, 0.25) is 0 Å². The lowest BCUT2D eigenvalue weighted by molar-refractivity contribution is -0.141. The Kier molecular flexibility index (Phi) is 11.8. The van der Waals surface area contributed by atoms with Crippen LogP contribution in [0.5, 0.6) is 0 Å². The van der Waals surface area contributed by atoms with Crippen LogP contribution in [-0.2, 0) is 9.53 Å². The van der Waals surface area contributed by atoms with Gasteiger partial charge >= 0.3 is 5.97 Å². The highest BCUT2D eigenvalue weighted by molar-refractivity contribution is 5.65. The largest absolute Gasteiger partial charge is 0.466 e. The number of esters is 1. The van der Waals surface area contributed by atoms with E-state index in [9.17, 15) is 4.79 Å². The molecule has 1 aromatic carbocycles. The molecule has 0 bridgehead atoms. The van der Waals surface area contributed by atoms with Gasteiger partial charge in [0.15, 0.2) is 0 Å². The van der Waals surface area contributed by atoms with Crippen LogP contribution in [0.1, 0.15) is 46.0 Å². The third-order valence-electron chi connectivity index (χ3n) is 2.22. The molecule has 2 nitrogen and oxygen atoms in total. The molecule has 1 rings (SSSR count). The van der Waals surface area contributed by atoms with Gasteiger partial charge in [-0.05, 0) is 6.42 Å². The van der Waals surface area contributed by atoms with E-state index in [2.05, 4.69) is 6.92 Å². The number of hydrogen-bond acceptors (Lipinski definition) is 2. The van der Waals surface area contributed by atoms with Crippen molar-refractivity contribution in [2.75, 3.05) is 6.61 Å². The highest BCUT2D eigenvalue weighted by Crippen LogP contribution is 2.02. The van der Waals surface area contributed by atoms with E-state index in [4.69, 9.17) is 4.74 Å². The Morgan fingerprint density at radius 2 is 1.35 bits per heavy atom. The molecule has 96 valence electrons. The summed E-state index contributed by atoms with van der Waals surface area (Å²) >= 11 is 0. The zero-order valence-electron chi connectivity index (χ0n) is 11.0. The van der Waals surface area contributed by atoms with Crippen molar-refractivity contribution in [2.24, 2.45) is 0 Å². The summed E-state index contributed by atoms with van der Waals surface area (Å²) < 4.78 is 4.78. The number of benzene rings is 1. The van der Waals surface area contributed by atoms with E-state index >= 15 is 0 Å². The molecule has 0 atom stereocenters. The maximum atomic E-state index is 10.3. The first-order valence-electron chi connectivity index (χ1n) is 6.40. The average Bonchev–Trinajstić information content (AvgIpc) is 2.36. The summed E-state index contributed by atoms with van der Waals surface area (Å²) in [6.07, 6.45) is 6.01. The number of ether oxygens (including phenoxy) is 1. The first-order valence-corrected chi connectivity index (χ1v) is 6.40. The van der Waals surface area contributed by atoms with Gasteiger partial charge in [-0.15, -0.1) is 0 Å². The summed E-state index contributed by atoms with van der Waals surface area (Å²) in [5.41, 5.74) is 0. The van der Waals surface area contributed by atoms with Crippen molar-refractivity contribution in [1.82, 2.24) is 0 Å². The summed E-state index contributed by atoms with van der Waals surface area (Å²) in [5, 5.41) is 0. The van der Waals surface area contributed by atoms with Crippen LogP contribution in [0.15, 0.2) is 36.4 Å². The minimum atomic E-state index is -0.166. The minimum Gasteiger partial charge on any atom is -0.466 e. The number of rotatable bonds is 6. The second-order valence-electron chi connectivity index (χ2n) is 3.91. The molecule has 0 aliphatic carbocycles. The maximum Gasteiger partial charge on any atom is 0.302 e. The number of hydrogen-bond donors (Lipinski definition) is 0. The molecule has 17 heavy (non-hydrogen) atoms. The fourth-order valence-electron chi connectivity index (χ4n) is 1.31. The molecular formula is C15H24O2. The molecule has 0 radical (unpaired) electrons. The molecule has 0 saturated carbocycles. The Balaban J connectivity index is 0.000000354. The molecule has 0 amide bonds. The van der Waals surface area contributed by atoms with Gasteiger partial charge < -0.3 is 4.74 Å². The lowest BCUT2D eigenvalue weighted by Crippen LogP contribution is -1.99.